The highest BCUT2D eigenvalue weighted by Crippen LogP contribution is 2.60. The molecule has 0 aliphatic carbocycles. The molecular weight excluding hydrogens is 504 g/mol. The summed E-state index contributed by atoms with van der Waals surface area (Å²) in [5.41, 5.74) is -1.06. The van der Waals surface area contributed by atoms with Crippen molar-refractivity contribution in [3.05, 3.63) is 12.7 Å². The lowest BCUT2D eigenvalue weighted by Crippen LogP contribution is -2.58. The molecule has 2 amide bonds. The van der Waals surface area contributed by atoms with E-state index in [2.05, 4.69) is 29.4 Å². The van der Waals surface area contributed by atoms with E-state index in [-0.39, 0.29) is 35.9 Å². The third kappa shape index (κ3) is 4.67. The summed E-state index contributed by atoms with van der Waals surface area (Å²) in [6.45, 7) is 10.7. The van der Waals surface area contributed by atoms with E-state index in [9.17, 15) is 14.4 Å². The SMILES string of the molecule is C=CCN(C(=O)C1N(CCCCCO)C(=O)[C@@H]2[C@@H](C(=O)OCC)[C@@H]3OC12CC3Br)C(C)CCC. The number of carbonyl (C=O) groups excluding carboxylic acids is 3. The number of aliphatic hydroxyl groups is 1. The van der Waals surface area contributed by atoms with Gasteiger partial charge >= 0.3 is 5.97 Å². The Morgan fingerprint density at radius 1 is 1.38 bits per heavy atom. The van der Waals surface area contributed by atoms with Gasteiger partial charge in [-0.2, -0.15) is 0 Å². The van der Waals surface area contributed by atoms with E-state index >= 15 is 0 Å². The number of carbonyl (C=O) groups is 3. The number of hydrogen-bond donors (Lipinski definition) is 1. The molecule has 34 heavy (non-hydrogen) atoms. The monoisotopic (exact) mass is 542 g/mol. The van der Waals surface area contributed by atoms with Crippen LogP contribution in [0.2, 0.25) is 0 Å². The fourth-order valence-corrected chi connectivity index (χ4v) is 7.03. The van der Waals surface area contributed by atoms with Gasteiger partial charge in [-0.15, -0.1) is 6.58 Å². The summed E-state index contributed by atoms with van der Waals surface area (Å²) in [7, 11) is 0. The molecule has 0 aromatic heterocycles. The highest BCUT2D eigenvalue weighted by Gasteiger charge is 2.77. The van der Waals surface area contributed by atoms with E-state index in [0.717, 1.165) is 19.3 Å². The van der Waals surface area contributed by atoms with Crippen LogP contribution in [0.25, 0.3) is 0 Å². The zero-order valence-electron chi connectivity index (χ0n) is 20.6. The molecule has 192 valence electrons. The van der Waals surface area contributed by atoms with Crippen molar-refractivity contribution in [2.45, 2.75) is 87.9 Å². The second-order valence-corrected chi connectivity index (χ2v) is 10.8. The average Bonchev–Trinajstić information content (AvgIpc) is 3.38. The predicted octanol–water partition coefficient (Wildman–Crippen LogP) is 2.66. The summed E-state index contributed by atoms with van der Waals surface area (Å²) in [4.78, 5) is 44.2. The maximum Gasteiger partial charge on any atom is 0.312 e. The lowest BCUT2D eigenvalue weighted by Gasteiger charge is -2.39. The molecule has 7 atom stereocenters. The maximum absolute atomic E-state index is 14.2. The smallest absolute Gasteiger partial charge is 0.312 e. The first-order valence-electron chi connectivity index (χ1n) is 12.6. The number of aliphatic hydroxyl groups excluding tert-OH is 1. The first-order chi connectivity index (χ1) is 16.3. The molecule has 0 aromatic carbocycles. The molecule has 3 aliphatic rings. The number of unbranched alkanes of at least 4 members (excludes halogenated alkanes) is 2. The van der Waals surface area contributed by atoms with Gasteiger partial charge in [-0.05, 0) is 46.0 Å². The van der Waals surface area contributed by atoms with Gasteiger partial charge in [0.2, 0.25) is 11.8 Å². The normalized spacial score (nSPS) is 32.6. The van der Waals surface area contributed by atoms with Crippen LogP contribution in [-0.2, 0) is 23.9 Å². The van der Waals surface area contributed by atoms with Crippen LogP contribution in [-0.4, -0.2) is 87.6 Å². The van der Waals surface area contributed by atoms with Gasteiger partial charge in [-0.25, -0.2) is 0 Å². The molecule has 9 heteroatoms. The van der Waals surface area contributed by atoms with Crippen LogP contribution in [0.4, 0.5) is 0 Å². The first kappa shape index (κ1) is 27.1. The fourth-order valence-electron chi connectivity index (χ4n) is 6.08. The van der Waals surface area contributed by atoms with Crippen LogP contribution in [0.1, 0.15) is 59.3 Å². The molecule has 8 nitrogen and oxygen atoms in total. The molecule has 1 spiro atoms. The Bertz CT molecular complexity index is 779. The van der Waals surface area contributed by atoms with Crippen LogP contribution < -0.4 is 0 Å². The van der Waals surface area contributed by atoms with E-state index < -0.39 is 35.6 Å². The molecule has 0 aromatic rings. The standard InChI is InChI=1S/C25H39BrN2O6/c1-5-11-16(4)27(12-6-2)23(31)21-25-15-17(26)20(34-25)18(24(32)33-7-3)19(25)22(30)28(21)13-9-8-10-14-29/h6,16-21,29H,2,5,7-15H2,1,3-4H3/t16?,17?,18-,19+,20-,21?,25?/m1/s1. The summed E-state index contributed by atoms with van der Waals surface area (Å²) >= 11 is 3.67. The van der Waals surface area contributed by atoms with E-state index in [1.807, 2.05) is 6.92 Å². The summed E-state index contributed by atoms with van der Waals surface area (Å²) in [6.07, 6.45) is 5.50. The molecular formula is C25H39BrN2O6. The molecule has 1 N–H and O–H groups in total. The van der Waals surface area contributed by atoms with Crippen LogP contribution >= 0.6 is 15.9 Å². The molecule has 3 fully saturated rings. The van der Waals surface area contributed by atoms with Crippen molar-refractivity contribution in [1.29, 1.82) is 0 Å². The lowest BCUT2D eigenvalue weighted by molar-refractivity contribution is -0.155. The Balaban J connectivity index is 2.01. The van der Waals surface area contributed by atoms with E-state index in [1.54, 1.807) is 22.8 Å². The van der Waals surface area contributed by atoms with E-state index in [4.69, 9.17) is 14.6 Å². The number of amides is 2. The van der Waals surface area contributed by atoms with Gasteiger partial charge in [0, 0.05) is 30.6 Å². The Hall–Kier alpha value is -1.45. The molecule has 2 bridgehead atoms. The van der Waals surface area contributed by atoms with Crippen molar-refractivity contribution in [2.24, 2.45) is 11.8 Å². The first-order valence-corrected chi connectivity index (χ1v) is 13.5. The third-order valence-electron chi connectivity index (χ3n) is 7.49. The van der Waals surface area contributed by atoms with Gasteiger partial charge in [0.15, 0.2) is 0 Å². The second-order valence-electron chi connectivity index (χ2n) is 9.65. The van der Waals surface area contributed by atoms with E-state index in [1.165, 1.54) is 0 Å². The van der Waals surface area contributed by atoms with Crippen LogP contribution in [0.3, 0.4) is 0 Å². The van der Waals surface area contributed by atoms with Crippen LogP contribution in [0.15, 0.2) is 12.7 Å². The van der Waals surface area contributed by atoms with Gasteiger partial charge in [-0.3, -0.25) is 14.4 Å². The largest absolute Gasteiger partial charge is 0.466 e. The number of esters is 1. The number of alkyl halides is 1. The minimum Gasteiger partial charge on any atom is -0.466 e. The van der Waals surface area contributed by atoms with Gasteiger partial charge < -0.3 is 24.4 Å². The molecule has 3 saturated heterocycles. The summed E-state index contributed by atoms with van der Waals surface area (Å²) in [6, 6.07) is -0.820. The predicted molar refractivity (Wildman–Crippen MR) is 131 cm³/mol. The third-order valence-corrected chi connectivity index (χ3v) is 8.33. The molecule has 4 unspecified atom stereocenters. The Morgan fingerprint density at radius 2 is 2.12 bits per heavy atom. The van der Waals surface area contributed by atoms with Gasteiger partial charge in [-0.1, -0.05) is 35.4 Å². The molecule has 0 saturated carbocycles. The fraction of sp³-hybridized carbons (Fsp3) is 0.800. The van der Waals surface area contributed by atoms with Crippen LogP contribution in [0.5, 0.6) is 0 Å². The van der Waals surface area contributed by atoms with Crippen molar-refractivity contribution in [2.75, 3.05) is 26.3 Å². The average molecular weight is 543 g/mol. The topological polar surface area (TPSA) is 96.4 Å². The number of fused-ring (bicyclic) bond motifs is 1. The van der Waals surface area contributed by atoms with Crippen molar-refractivity contribution >= 4 is 33.7 Å². The molecule has 3 aliphatic heterocycles. The Labute approximate surface area is 211 Å². The second kappa shape index (κ2) is 11.5. The Morgan fingerprint density at radius 3 is 2.74 bits per heavy atom. The number of hydrogen-bond acceptors (Lipinski definition) is 6. The molecule has 3 rings (SSSR count). The molecule has 0 radical (unpaired) electrons. The zero-order valence-corrected chi connectivity index (χ0v) is 22.2. The minimum absolute atomic E-state index is 0.0171. The van der Waals surface area contributed by atoms with Crippen molar-refractivity contribution in [3.63, 3.8) is 0 Å². The van der Waals surface area contributed by atoms with Gasteiger partial charge in [0.25, 0.3) is 0 Å². The quantitative estimate of drug-likeness (QED) is 0.166. The Kier molecular flexibility index (Phi) is 9.20. The van der Waals surface area contributed by atoms with Crippen LogP contribution in [0, 0.1) is 11.8 Å². The van der Waals surface area contributed by atoms with Gasteiger partial charge in [0.05, 0.1) is 24.5 Å². The zero-order chi connectivity index (χ0) is 25.0. The molecule has 3 heterocycles. The highest BCUT2D eigenvalue weighted by molar-refractivity contribution is 9.09. The highest BCUT2D eigenvalue weighted by atomic mass is 79.9. The number of likely N-dealkylation sites (tertiary alicyclic amines) is 1. The number of ether oxygens (including phenoxy) is 2. The number of nitrogens with zero attached hydrogens (tertiary/aromatic N) is 2. The summed E-state index contributed by atoms with van der Waals surface area (Å²) < 4.78 is 11.8. The van der Waals surface area contributed by atoms with Crippen molar-refractivity contribution in [1.82, 2.24) is 9.80 Å². The van der Waals surface area contributed by atoms with Crippen molar-refractivity contribution < 1.29 is 29.0 Å². The maximum atomic E-state index is 14.2. The van der Waals surface area contributed by atoms with Gasteiger partial charge in [0.1, 0.15) is 11.6 Å². The minimum atomic E-state index is -1.06. The lowest BCUT2D eigenvalue weighted by atomic mass is 9.70. The van der Waals surface area contributed by atoms with E-state index in [0.29, 0.717) is 32.4 Å². The number of halogens is 1. The van der Waals surface area contributed by atoms with Crippen molar-refractivity contribution in [3.8, 4) is 0 Å². The number of rotatable bonds is 13. The summed E-state index contributed by atoms with van der Waals surface area (Å²) in [5, 5.41) is 9.16. The summed E-state index contributed by atoms with van der Waals surface area (Å²) in [5.74, 6) is -2.26.